The van der Waals surface area contributed by atoms with Gasteiger partial charge in [0.2, 0.25) is 0 Å². The third-order valence-electron chi connectivity index (χ3n) is 6.99. The Hall–Kier alpha value is -1.35. The lowest BCUT2D eigenvalue weighted by atomic mass is 10.1. The Bertz CT molecular complexity index is 983. The molecule has 1 aromatic rings. The number of piperidine rings is 1. The molecule has 15 nitrogen and oxygen atoms in total. The minimum atomic E-state index is -3.77. The highest BCUT2D eigenvalue weighted by Gasteiger charge is 2.14. The Morgan fingerprint density at radius 2 is 0.780 bits per heavy atom. The number of ether oxygens (including phenoxy) is 11. The SMILES string of the molecule is Cc1ccc(S(=O)(=O)OCCOCCOCCOCCOCCOCCOCCOCCOCCOCCOCCOC2CCNCC2)cc1. The minimum absolute atomic E-state index is 0.0589. The van der Waals surface area contributed by atoms with Crippen molar-refractivity contribution in [3.05, 3.63) is 29.8 Å². The number of rotatable bonds is 36. The lowest BCUT2D eigenvalue weighted by Crippen LogP contribution is -2.33. The van der Waals surface area contributed by atoms with Crippen molar-refractivity contribution in [2.75, 3.05) is 158 Å². The van der Waals surface area contributed by atoms with Gasteiger partial charge in [-0.2, -0.15) is 8.42 Å². The summed E-state index contributed by atoms with van der Waals surface area (Å²) < 4.78 is 89.6. The Morgan fingerprint density at radius 1 is 0.480 bits per heavy atom. The molecule has 0 atom stereocenters. The van der Waals surface area contributed by atoms with Crippen molar-refractivity contribution in [1.29, 1.82) is 0 Å². The van der Waals surface area contributed by atoms with Crippen molar-refractivity contribution < 1.29 is 64.7 Å². The zero-order valence-corrected chi connectivity index (χ0v) is 30.7. The van der Waals surface area contributed by atoms with E-state index in [4.69, 9.17) is 56.3 Å². The largest absolute Gasteiger partial charge is 0.377 e. The zero-order chi connectivity index (χ0) is 35.6. The van der Waals surface area contributed by atoms with Crippen LogP contribution in [-0.2, 0) is 66.4 Å². The van der Waals surface area contributed by atoms with Crippen LogP contribution in [0.1, 0.15) is 18.4 Å². The van der Waals surface area contributed by atoms with Crippen molar-refractivity contribution in [3.63, 3.8) is 0 Å². The molecule has 16 heteroatoms. The fourth-order valence-electron chi connectivity index (χ4n) is 4.29. The molecule has 0 radical (unpaired) electrons. The molecule has 0 saturated carbocycles. The third kappa shape index (κ3) is 26.4. The normalized spacial score (nSPS) is 14.1. The maximum absolute atomic E-state index is 12.1. The molecule has 0 bridgehead atoms. The summed E-state index contributed by atoms with van der Waals surface area (Å²) >= 11 is 0. The summed E-state index contributed by atoms with van der Waals surface area (Å²) in [6.45, 7) is 13.8. The molecule has 0 aliphatic carbocycles. The van der Waals surface area contributed by atoms with Crippen molar-refractivity contribution in [2.45, 2.75) is 30.8 Å². The summed E-state index contributed by atoms with van der Waals surface area (Å²) in [7, 11) is -3.77. The van der Waals surface area contributed by atoms with E-state index in [9.17, 15) is 8.42 Å². The van der Waals surface area contributed by atoms with E-state index in [2.05, 4.69) is 5.32 Å². The molecule has 1 aliphatic heterocycles. The molecular formula is C34H61NO14S. The number of aryl methyl sites for hydroxylation is 1. The fraction of sp³-hybridized carbons (Fsp3) is 0.824. The highest BCUT2D eigenvalue weighted by atomic mass is 32.2. The number of hydrogen-bond donors (Lipinski definition) is 1. The van der Waals surface area contributed by atoms with Crippen LogP contribution in [0.15, 0.2) is 29.2 Å². The second-order valence-electron chi connectivity index (χ2n) is 11.0. The van der Waals surface area contributed by atoms with Crippen LogP contribution in [0.3, 0.4) is 0 Å². The van der Waals surface area contributed by atoms with E-state index < -0.39 is 10.1 Å². The summed E-state index contributed by atoms with van der Waals surface area (Å²) in [5.41, 5.74) is 0.976. The molecule has 0 amide bonds. The molecule has 1 aromatic carbocycles. The average Bonchev–Trinajstić information content (AvgIpc) is 3.12. The Morgan fingerprint density at radius 3 is 1.12 bits per heavy atom. The monoisotopic (exact) mass is 739 g/mol. The van der Waals surface area contributed by atoms with E-state index in [1.165, 1.54) is 12.1 Å². The van der Waals surface area contributed by atoms with Gasteiger partial charge in [0.25, 0.3) is 10.1 Å². The van der Waals surface area contributed by atoms with Gasteiger partial charge in [-0.15, -0.1) is 0 Å². The molecular weight excluding hydrogens is 678 g/mol. The molecule has 2 rings (SSSR count). The Kier molecular flexibility index (Phi) is 29.0. The summed E-state index contributed by atoms with van der Waals surface area (Å²) in [5, 5.41) is 3.32. The fourth-order valence-corrected chi connectivity index (χ4v) is 5.19. The maximum atomic E-state index is 12.1. The van der Waals surface area contributed by atoms with Crippen LogP contribution in [0.4, 0.5) is 0 Å². The molecule has 1 N–H and O–H groups in total. The van der Waals surface area contributed by atoms with Gasteiger partial charge in [0.15, 0.2) is 0 Å². The Balaban J connectivity index is 1.16. The first-order chi connectivity index (χ1) is 24.6. The van der Waals surface area contributed by atoms with E-state index in [0.29, 0.717) is 138 Å². The van der Waals surface area contributed by atoms with Gasteiger partial charge in [0.05, 0.1) is 156 Å². The van der Waals surface area contributed by atoms with Crippen LogP contribution in [-0.4, -0.2) is 173 Å². The quantitative estimate of drug-likeness (QED) is 0.0782. The summed E-state index contributed by atoms with van der Waals surface area (Å²) in [6.07, 6.45) is 2.51. The van der Waals surface area contributed by atoms with Gasteiger partial charge in [0, 0.05) is 0 Å². The number of benzene rings is 1. The minimum Gasteiger partial charge on any atom is -0.377 e. The molecule has 292 valence electrons. The molecule has 1 aliphatic rings. The predicted octanol–water partition coefficient (Wildman–Crippen LogP) is 1.63. The van der Waals surface area contributed by atoms with Gasteiger partial charge >= 0.3 is 0 Å². The zero-order valence-electron chi connectivity index (χ0n) is 29.9. The van der Waals surface area contributed by atoms with Crippen LogP contribution < -0.4 is 5.32 Å². The van der Waals surface area contributed by atoms with E-state index in [1.807, 2.05) is 6.92 Å². The van der Waals surface area contributed by atoms with Gasteiger partial charge in [-0.25, -0.2) is 0 Å². The highest BCUT2D eigenvalue weighted by Crippen LogP contribution is 2.13. The van der Waals surface area contributed by atoms with Gasteiger partial charge < -0.3 is 57.4 Å². The maximum Gasteiger partial charge on any atom is 0.297 e. The van der Waals surface area contributed by atoms with Gasteiger partial charge in [-0.05, 0) is 45.0 Å². The molecule has 50 heavy (non-hydrogen) atoms. The Labute approximate surface area is 298 Å². The molecule has 1 saturated heterocycles. The summed E-state index contributed by atoms with van der Waals surface area (Å²) in [4.78, 5) is 0.129. The smallest absolute Gasteiger partial charge is 0.297 e. The second-order valence-corrected chi connectivity index (χ2v) is 12.6. The van der Waals surface area contributed by atoms with Crippen LogP contribution in [0.25, 0.3) is 0 Å². The average molecular weight is 740 g/mol. The van der Waals surface area contributed by atoms with Crippen molar-refractivity contribution in [1.82, 2.24) is 5.32 Å². The first-order valence-corrected chi connectivity index (χ1v) is 19.0. The van der Waals surface area contributed by atoms with Crippen molar-refractivity contribution in [3.8, 4) is 0 Å². The molecule has 0 spiro atoms. The predicted molar refractivity (Wildman–Crippen MR) is 184 cm³/mol. The van der Waals surface area contributed by atoms with Crippen LogP contribution in [0, 0.1) is 6.92 Å². The first kappa shape index (κ1) is 44.8. The second kappa shape index (κ2) is 32.3. The number of nitrogens with one attached hydrogen (secondary N) is 1. The van der Waals surface area contributed by atoms with E-state index >= 15 is 0 Å². The van der Waals surface area contributed by atoms with E-state index in [-0.39, 0.29) is 18.1 Å². The lowest BCUT2D eigenvalue weighted by molar-refractivity contribution is -0.0324. The third-order valence-corrected chi connectivity index (χ3v) is 8.32. The van der Waals surface area contributed by atoms with Crippen LogP contribution >= 0.6 is 0 Å². The summed E-state index contributed by atoms with van der Waals surface area (Å²) in [5.74, 6) is 0. The molecule has 0 aromatic heterocycles. The van der Waals surface area contributed by atoms with Crippen molar-refractivity contribution >= 4 is 10.1 Å². The van der Waals surface area contributed by atoms with Gasteiger partial charge in [-0.3, -0.25) is 4.18 Å². The first-order valence-electron chi connectivity index (χ1n) is 17.6. The summed E-state index contributed by atoms with van der Waals surface area (Å²) in [6, 6.07) is 6.49. The van der Waals surface area contributed by atoms with E-state index in [0.717, 1.165) is 31.5 Å². The molecule has 0 unspecified atom stereocenters. The topological polar surface area (TPSA) is 157 Å². The van der Waals surface area contributed by atoms with E-state index in [1.54, 1.807) is 12.1 Å². The highest BCUT2D eigenvalue weighted by molar-refractivity contribution is 7.86. The standard InChI is InChI=1S/C34H61NO14S/c1-32-2-4-34(5-3-32)50(36,37)49-31-29-47-27-25-45-23-21-43-19-17-41-15-13-39-11-10-38-12-14-40-16-18-42-20-22-44-24-26-46-28-30-48-33-6-8-35-9-7-33/h2-5,33,35H,6-31H2,1H3. The molecule has 1 heterocycles. The lowest BCUT2D eigenvalue weighted by Gasteiger charge is -2.22. The van der Waals surface area contributed by atoms with Crippen LogP contribution in [0.2, 0.25) is 0 Å². The van der Waals surface area contributed by atoms with Gasteiger partial charge in [0.1, 0.15) is 0 Å². The van der Waals surface area contributed by atoms with Crippen molar-refractivity contribution in [2.24, 2.45) is 0 Å². The molecule has 1 fully saturated rings. The van der Waals surface area contributed by atoms with Gasteiger partial charge in [-0.1, -0.05) is 17.7 Å². The number of hydrogen-bond acceptors (Lipinski definition) is 15. The van der Waals surface area contributed by atoms with Crippen LogP contribution in [0.5, 0.6) is 0 Å².